The zero-order chi connectivity index (χ0) is 12.3. The third-order valence-corrected chi connectivity index (χ3v) is 2.88. The van der Waals surface area contributed by atoms with Crippen molar-refractivity contribution in [2.45, 2.75) is 0 Å². The number of ether oxygens (including phenoxy) is 1. The van der Waals surface area contributed by atoms with E-state index in [9.17, 15) is 0 Å². The van der Waals surface area contributed by atoms with Crippen molar-refractivity contribution in [2.75, 3.05) is 25.6 Å². The van der Waals surface area contributed by atoms with Gasteiger partial charge in [-0.1, -0.05) is 0 Å². The van der Waals surface area contributed by atoms with Crippen LogP contribution in [0.1, 0.15) is 0 Å². The van der Waals surface area contributed by atoms with Crippen molar-refractivity contribution >= 4 is 32.7 Å². The second-order valence-corrected chi connectivity index (χ2v) is 4.21. The van der Waals surface area contributed by atoms with E-state index in [-0.39, 0.29) is 6.61 Å². The lowest BCUT2D eigenvalue weighted by molar-refractivity contribution is 0.311. The smallest absolute Gasteiger partial charge is 0.215 e. The molecule has 2 aromatic rings. The highest BCUT2D eigenvalue weighted by Crippen LogP contribution is 2.29. The van der Waals surface area contributed by atoms with Crippen LogP contribution < -0.4 is 10.1 Å². The zero-order valence-electron chi connectivity index (χ0n) is 9.27. The molecule has 2 aromatic heterocycles. The molecule has 0 aliphatic heterocycles. The first-order valence-corrected chi connectivity index (χ1v) is 5.89. The molecule has 0 amide bonds. The first kappa shape index (κ1) is 12.1. The number of fused-ring (bicyclic) bond motifs is 1. The fourth-order valence-electron chi connectivity index (χ4n) is 1.51. The Morgan fingerprint density at radius 2 is 2.29 bits per heavy atom. The van der Waals surface area contributed by atoms with Gasteiger partial charge in [0.1, 0.15) is 0 Å². The number of nitrogens with zero attached hydrogens (tertiary/aromatic N) is 2. The van der Waals surface area contributed by atoms with Gasteiger partial charge in [0.25, 0.3) is 0 Å². The highest BCUT2D eigenvalue weighted by atomic mass is 79.9. The maximum atomic E-state index is 8.84. The Morgan fingerprint density at radius 1 is 1.47 bits per heavy atom. The van der Waals surface area contributed by atoms with Crippen molar-refractivity contribution in [3.63, 3.8) is 0 Å². The molecule has 0 spiro atoms. The maximum Gasteiger partial charge on any atom is 0.215 e. The molecule has 0 bridgehead atoms. The minimum Gasteiger partial charge on any atom is -0.481 e. The van der Waals surface area contributed by atoms with E-state index in [1.807, 2.05) is 6.07 Å². The van der Waals surface area contributed by atoms with E-state index in [1.54, 1.807) is 19.4 Å². The van der Waals surface area contributed by atoms with Gasteiger partial charge in [-0.2, -0.15) is 4.98 Å². The molecule has 0 unspecified atom stereocenters. The summed E-state index contributed by atoms with van der Waals surface area (Å²) in [5, 5.41) is 12.9. The Labute approximate surface area is 107 Å². The van der Waals surface area contributed by atoms with Crippen molar-refractivity contribution in [3.8, 4) is 5.88 Å². The lowest BCUT2D eigenvalue weighted by Crippen LogP contribution is -2.07. The number of aliphatic hydroxyl groups excluding tert-OH is 1. The van der Waals surface area contributed by atoms with E-state index in [0.717, 1.165) is 15.5 Å². The molecule has 0 aromatic carbocycles. The molecule has 0 radical (unpaired) electrons. The normalized spacial score (nSPS) is 10.5. The van der Waals surface area contributed by atoms with Gasteiger partial charge in [0.05, 0.1) is 23.9 Å². The number of methoxy groups -OCH3 is 1. The van der Waals surface area contributed by atoms with Crippen molar-refractivity contribution in [3.05, 3.63) is 22.8 Å². The average Bonchev–Trinajstić information content (AvgIpc) is 2.37. The quantitative estimate of drug-likeness (QED) is 0.901. The molecular weight excluding hydrogens is 286 g/mol. The molecule has 2 N–H and O–H groups in total. The number of anilines is 1. The van der Waals surface area contributed by atoms with Gasteiger partial charge in [-0.3, -0.25) is 0 Å². The summed E-state index contributed by atoms with van der Waals surface area (Å²) in [5.41, 5.74) is 1.48. The van der Waals surface area contributed by atoms with Crippen LogP contribution in [0.4, 0.5) is 5.69 Å². The van der Waals surface area contributed by atoms with E-state index < -0.39 is 0 Å². The summed E-state index contributed by atoms with van der Waals surface area (Å²) in [7, 11) is 1.57. The van der Waals surface area contributed by atoms with Gasteiger partial charge < -0.3 is 15.2 Å². The summed E-state index contributed by atoms with van der Waals surface area (Å²) in [4.78, 5) is 8.46. The molecule has 0 saturated heterocycles. The molecule has 17 heavy (non-hydrogen) atoms. The monoisotopic (exact) mass is 297 g/mol. The Balaban J connectivity index is 2.52. The van der Waals surface area contributed by atoms with Gasteiger partial charge in [-0.05, 0) is 22.0 Å². The van der Waals surface area contributed by atoms with Gasteiger partial charge in [0.2, 0.25) is 5.88 Å². The van der Waals surface area contributed by atoms with Gasteiger partial charge >= 0.3 is 0 Å². The molecule has 0 aliphatic carbocycles. The van der Waals surface area contributed by atoms with Crippen molar-refractivity contribution in [2.24, 2.45) is 0 Å². The molecule has 0 atom stereocenters. The molecule has 5 nitrogen and oxygen atoms in total. The molecule has 0 saturated carbocycles. The zero-order valence-corrected chi connectivity index (χ0v) is 10.9. The van der Waals surface area contributed by atoms with Gasteiger partial charge in [-0.25, -0.2) is 4.98 Å². The van der Waals surface area contributed by atoms with E-state index in [2.05, 4.69) is 31.2 Å². The predicted octanol–water partition coefficient (Wildman–Crippen LogP) is 1.81. The third-order valence-electron chi connectivity index (χ3n) is 2.28. The van der Waals surface area contributed by atoms with Gasteiger partial charge in [-0.15, -0.1) is 0 Å². The average molecular weight is 298 g/mol. The number of hydrogen-bond donors (Lipinski definition) is 2. The van der Waals surface area contributed by atoms with E-state index in [0.29, 0.717) is 18.1 Å². The fraction of sp³-hybridized carbons (Fsp3) is 0.273. The van der Waals surface area contributed by atoms with Crippen LogP contribution in [0.15, 0.2) is 22.8 Å². The van der Waals surface area contributed by atoms with E-state index in [4.69, 9.17) is 9.84 Å². The van der Waals surface area contributed by atoms with Crippen LogP contribution in [0, 0.1) is 0 Å². The van der Waals surface area contributed by atoms with Crippen molar-refractivity contribution < 1.29 is 9.84 Å². The number of halogens is 1. The minimum absolute atomic E-state index is 0.0693. The lowest BCUT2D eigenvalue weighted by atomic mass is 10.2. The first-order valence-electron chi connectivity index (χ1n) is 5.10. The second kappa shape index (κ2) is 5.29. The van der Waals surface area contributed by atoms with E-state index >= 15 is 0 Å². The van der Waals surface area contributed by atoms with Crippen LogP contribution in [0.2, 0.25) is 0 Å². The summed E-state index contributed by atoms with van der Waals surface area (Å²) >= 11 is 3.42. The maximum absolute atomic E-state index is 8.84. The van der Waals surface area contributed by atoms with Gasteiger partial charge in [0.15, 0.2) is 5.65 Å². The third kappa shape index (κ3) is 2.48. The molecular formula is C11H12BrN3O2. The Kier molecular flexibility index (Phi) is 3.75. The Bertz CT molecular complexity index is 533. The molecule has 0 fully saturated rings. The largest absolute Gasteiger partial charge is 0.481 e. The van der Waals surface area contributed by atoms with Crippen LogP contribution in [0.3, 0.4) is 0 Å². The fourth-order valence-corrected chi connectivity index (χ4v) is 1.97. The molecule has 2 rings (SSSR count). The second-order valence-electron chi connectivity index (χ2n) is 3.36. The van der Waals surface area contributed by atoms with Crippen LogP contribution in [-0.4, -0.2) is 35.3 Å². The Hall–Kier alpha value is -1.40. The van der Waals surface area contributed by atoms with Crippen LogP contribution >= 0.6 is 15.9 Å². The first-order chi connectivity index (χ1) is 8.26. The van der Waals surface area contributed by atoms with Crippen molar-refractivity contribution in [1.82, 2.24) is 9.97 Å². The minimum atomic E-state index is 0.0693. The molecule has 90 valence electrons. The lowest BCUT2D eigenvalue weighted by Gasteiger charge is -2.10. The number of hydrogen-bond acceptors (Lipinski definition) is 5. The van der Waals surface area contributed by atoms with E-state index in [1.165, 1.54) is 0 Å². The molecule has 2 heterocycles. The number of nitrogens with one attached hydrogen (secondary N) is 1. The topological polar surface area (TPSA) is 67.3 Å². The summed E-state index contributed by atoms with van der Waals surface area (Å²) in [6.07, 6.45) is 1.68. The highest BCUT2D eigenvalue weighted by molar-refractivity contribution is 9.10. The summed E-state index contributed by atoms with van der Waals surface area (Å²) in [6, 6.07) is 3.67. The SMILES string of the molecule is COc1ccc2c(NCCO)c(Br)cnc2n1. The number of aliphatic hydroxyl groups is 1. The summed E-state index contributed by atoms with van der Waals surface area (Å²) in [6.45, 7) is 0.545. The van der Waals surface area contributed by atoms with Gasteiger partial charge in [0, 0.05) is 24.2 Å². The molecule has 0 aliphatic rings. The number of pyridine rings is 2. The number of rotatable bonds is 4. The van der Waals surface area contributed by atoms with Crippen LogP contribution in [0.5, 0.6) is 5.88 Å². The van der Waals surface area contributed by atoms with Crippen LogP contribution in [-0.2, 0) is 0 Å². The highest BCUT2D eigenvalue weighted by Gasteiger charge is 2.08. The standard InChI is InChI=1S/C11H12BrN3O2/c1-17-9-3-2-7-10(13-4-5-16)8(12)6-14-11(7)15-9/h2-3,6,16H,4-5H2,1H3,(H,13,14,15). The van der Waals surface area contributed by atoms with Crippen LogP contribution in [0.25, 0.3) is 11.0 Å². The number of aromatic nitrogens is 2. The summed E-state index contributed by atoms with van der Waals surface area (Å²) < 4.78 is 5.89. The predicted molar refractivity (Wildman–Crippen MR) is 69.4 cm³/mol. The Morgan fingerprint density at radius 3 is 3.00 bits per heavy atom. The molecule has 6 heteroatoms. The summed E-state index contributed by atoms with van der Waals surface area (Å²) in [5.74, 6) is 0.528. The van der Waals surface area contributed by atoms with Crippen molar-refractivity contribution in [1.29, 1.82) is 0 Å².